The molecule has 0 aliphatic carbocycles. The molecule has 0 amide bonds. The lowest BCUT2D eigenvalue weighted by Crippen LogP contribution is -2.52. The van der Waals surface area contributed by atoms with Crippen molar-refractivity contribution in [1.29, 1.82) is 0 Å². The van der Waals surface area contributed by atoms with Crippen LogP contribution < -0.4 is 22.1 Å². The normalized spacial score (nSPS) is 25.4. The first kappa shape index (κ1) is 14.9. The van der Waals surface area contributed by atoms with Crippen LogP contribution in [0.25, 0.3) is 0 Å². The third kappa shape index (κ3) is 2.44. The topological polar surface area (TPSA) is 88.5 Å². The molecule has 0 spiro atoms. The third-order valence-electron chi connectivity index (χ3n) is 3.91. The predicted octanol–water partition coefficient (Wildman–Crippen LogP) is 0.982. The van der Waals surface area contributed by atoms with Crippen molar-refractivity contribution in [3.05, 3.63) is 46.7 Å². The zero-order valence-electron chi connectivity index (χ0n) is 11.7. The monoisotopic (exact) mass is 311 g/mol. The molecule has 3 rings (SSSR count). The number of benzene rings is 1. The summed E-state index contributed by atoms with van der Waals surface area (Å²) in [6.45, 7) is 1.31. The average molecular weight is 311 g/mol. The van der Waals surface area contributed by atoms with Gasteiger partial charge in [-0.25, -0.2) is 4.99 Å². The molecule has 0 aromatic heterocycles. The number of nitrogens with zero attached hydrogens (tertiary/aromatic N) is 1. The maximum absolute atomic E-state index is 12.7. The molecule has 0 fully saturated rings. The van der Waals surface area contributed by atoms with Crippen LogP contribution in [0.15, 0.2) is 40.5 Å². The van der Waals surface area contributed by atoms with E-state index < -0.39 is 17.4 Å². The summed E-state index contributed by atoms with van der Waals surface area (Å²) in [5.41, 5.74) is 12.4. The van der Waals surface area contributed by atoms with Gasteiger partial charge in [0.1, 0.15) is 0 Å². The number of halogens is 3. The largest absolute Gasteiger partial charge is 0.416 e. The zero-order chi connectivity index (χ0) is 16.0. The van der Waals surface area contributed by atoms with Crippen LogP contribution in [-0.4, -0.2) is 19.0 Å². The summed E-state index contributed by atoms with van der Waals surface area (Å²) in [5, 5.41) is 6.15. The third-order valence-corrected chi connectivity index (χ3v) is 3.91. The molecule has 22 heavy (non-hydrogen) atoms. The van der Waals surface area contributed by atoms with Crippen LogP contribution in [0, 0.1) is 0 Å². The molecular formula is C14H16F3N5. The lowest BCUT2D eigenvalue weighted by molar-refractivity contribution is -0.137. The molecule has 0 radical (unpaired) electrons. The molecule has 2 heterocycles. The molecule has 118 valence electrons. The van der Waals surface area contributed by atoms with E-state index in [0.717, 1.165) is 29.9 Å². The number of guanidine groups is 1. The van der Waals surface area contributed by atoms with Gasteiger partial charge in [-0.3, -0.25) is 5.73 Å². The van der Waals surface area contributed by atoms with Crippen LogP contribution in [-0.2, 0) is 11.8 Å². The van der Waals surface area contributed by atoms with Gasteiger partial charge in [0.05, 0.1) is 5.56 Å². The van der Waals surface area contributed by atoms with Crippen LogP contribution in [0.4, 0.5) is 13.2 Å². The molecule has 6 N–H and O–H groups in total. The van der Waals surface area contributed by atoms with Gasteiger partial charge in [0.15, 0.2) is 11.6 Å². The molecule has 1 aromatic carbocycles. The summed E-state index contributed by atoms with van der Waals surface area (Å²) in [7, 11) is 0. The average Bonchev–Trinajstić information content (AvgIpc) is 2.46. The van der Waals surface area contributed by atoms with Gasteiger partial charge in [0, 0.05) is 12.2 Å². The van der Waals surface area contributed by atoms with Gasteiger partial charge < -0.3 is 16.4 Å². The van der Waals surface area contributed by atoms with Crippen LogP contribution in [0.1, 0.15) is 17.5 Å². The Morgan fingerprint density at radius 3 is 2.50 bits per heavy atom. The van der Waals surface area contributed by atoms with E-state index in [-0.39, 0.29) is 5.96 Å². The smallest absolute Gasteiger partial charge is 0.370 e. The summed E-state index contributed by atoms with van der Waals surface area (Å²) in [6.07, 6.45) is -3.73. The lowest BCUT2D eigenvalue weighted by Gasteiger charge is -2.37. The minimum atomic E-state index is -4.38. The van der Waals surface area contributed by atoms with Gasteiger partial charge in [0.2, 0.25) is 0 Å². The van der Waals surface area contributed by atoms with Gasteiger partial charge in [-0.1, -0.05) is 12.1 Å². The Balaban J connectivity index is 2.04. The summed E-state index contributed by atoms with van der Waals surface area (Å²) in [4.78, 5) is 4.25. The molecule has 1 unspecified atom stereocenters. The van der Waals surface area contributed by atoms with Crippen molar-refractivity contribution in [3.63, 3.8) is 0 Å². The van der Waals surface area contributed by atoms with E-state index >= 15 is 0 Å². The summed E-state index contributed by atoms with van der Waals surface area (Å²) in [6, 6.07) is 4.74. The maximum Gasteiger partial charge on any atom is 0.416 e. The fourth-order valence-corrected chi connectivity index (χ4v) is 2.82. The Morgan fingerprint density at radius 1 is 1.18 bits per heavy atom. The van der Waals surface area contributed by atoms with Crippen LogP contribution in [0.3, 0.4) is 0 Å². The second-order valence-corrected chi connectivity index (χ2v) is 5.35. The van der Waals surface area contributed by atoms with Gasteiger partial charge in [-0.15, -0.1) is 0 Å². The quantitative estimate of drug-likeness (QED) is 0.622. The highest BCUT2D eigenvalue weighted by atomic mass is 19.4. The van der Waals surface area contributed by atoms with E-state index in [2.05, 4.69) is 15.6 Å². The SMILES string of the molecule is NC1=NC(N)(c2ccc(C(F)(F)F)cc2)C2=C(CNCC2)N1. The van der Waals surface area contributed by atoms with E-state index in [4.69, 9.17) is 11.5 Å². The van der Waals surface area contributed by atoms with Crippen molar-refractivity contribution in [1.82, 2.24) is 10.6 Å². The zero-order valence-corrected chi connectivity index (χ0v) is 11.7. The van der Waals surface area contributed by atoms with Gasteiger partial charge in [-0.2, -0.15) is 13.2 Å². The van der Waals surface area contributed by atoms with Crippen LogP contribution in [0.5, 0.6) is 0 Å². The van der Waals surface area contributed by atoms with Crippen molar-refractivity contribution in [3.8, 4) is 0 Å². The van der Waals surface area contributed by atoms with E-state index in [1.165, 1.54) is 12.1 Å². The summed E-state index contributed by atoms with van der Waals surface area (Å²) < 4.78 is 38.0. The first-order valence-corrected chi connectivity index (χ1v) is 6.83. The number of nitrogens with two attached hydrogens (primary N) is 2. The second kappa shape index (κ2) is 4.99. The number of hydrogen-bond donors (Lipinski definition) is 4. The van der Waals surface area contributed by atoms with Crippen molar-refractivity contribution >= 4 is 5.96 Å². The minimum absolute atomic E-state index is 0.157. The number of hydrogen-bond acceptors (Lipinski definition) is 5. The Bertz CT molecular complexity index is 647. The molecule has 2 aliphatic rings. The minimum Gasteiger partial charge on any atom is -0.370 e. The molecule has 1 aromatic rings. The first-order chi connectivity index (χ1) is 10.3. The molecule has 0 saturated carbocycles. The maximum atomic E-state index is 12.7. The van der Waals surface area contributed by atoms with E-state index in [0.29, 0.717) is 18.5 Å². The number of aliphatic imine (C=N–C) groups is 1. The summed E-state index contributed by atoms with van der Waals surface area (Å²) >= 11 is 0. The molecule has 2 aliphatic heterocycles. The number of nitrogens with one attached hydrogen (secondary N) is 2. The van der Waals surface area contributed by atoms with E-state index in [1.54, 1.807) is 0 Å². The van der Waals surface area contributed by atoms with Crippen molar-refractivity contribution in [2.45, 2.75) is 18.3 Å². The molecule has 5 nitrogen and oxygen atoms in total. The second-order valence-electron chi connectivity index (χ2n) is 5.35. The number of alkyl halides is 3. The summed E-state index contributed by atoms with van der Waals surface area (Å²) in [5.74, 6) is 0.157. The Morgan fingerprint density at radius 2 is 1.86 bits per heavy atom. The Labute approximate surface area is 125 Å². The fraction of sp³-hybridized carbons (Fsp3) is 0.357. The molecule has 0 saturated heterocycles. The number of rotatable bonds is 1. The van der Waals surface area contributed by atoms with Crippen LogP contribution >= 0.6 is 0 Å². The standard InChI is InChI=1S/C14H16F3N5/c15-14(16,17)9-3-1-8(2-4-9)13(19)10-5-6-20-7-11(10)21-12(18)22-13/h1-4,20H,5-7,19H2,(H3,18,21,22). The molecular weight excluding hydrogens is 295 g/mol. The van der Waals surface area contributed by atoms with Crippen molar-refractivity contribution < 1.29 is 13.2 Å². The van der Waals surface area contributed by atoms with Crippen LogP contribution in [0.2, 0.25) is 0 Å². The highest BCUT2D eigenvalue weighted by Crippen LogP contribution is 2.37. The van der Waals surface area contributed by atoms with E-state index in [1.807, 2.05) is 0 Å². The molecule has 1 atom stereocenters. The predicted molar refractivity (Wildman–Crippen MR) is 76.6 cm³/mol. The van der Waals surface area contributed by atoms with Gasteiger partial charge >= 0.3 is 6.18 Å². The molecule has 8 heteroatoms. The molecule has 0 bridgehead atoms. The first-order valence-electron chi connectivity index (χ1n) is 6.83. The van der Waals surface area contributed by atoms with Gasteiger partial charge in [0.25, 0.3) is 0 Å². The van der Waals surface area contributed by atoms with Gasteiger partial charge in [-0.05, 0) is 36.2 Å². The van der Waals surface area contributed by atoms with E-state index in [9.17, 15) is 13.2 Å². The fourth-order valence-electron chi connectivity index (χ4n) is 2.82. The Kier molecular flexibility index (Phi) is 3.37. The Hall–Kier alpha value is -2.06. The lowest BCUT2D eigenvalue weighted by atomic mass is 9.86. The highest BCUT2D eigenvalue weighted by Gasteiger charge is 2.39. The van der Waals surface area contributed by atoms with Crippen molar-refractivity contribution in [2.24, 2.45) is 16.5 Å². The highest BCUT2D eigenvalue weighted by molar-refractivity contribution is 5.82. The van der Waals surface area contributed by atoms with Crippen molar-refractivity contribution in [2.75, 3.05) is 13.1 Å².